The highest BCUT2D eigenvalue weighted by atomic mass is 16.5. The van der Waals surface area contributed by atoms with E-state index in [0.29, 0.717) is 23.7 Å². The summed E-state index contributed by atoms with van der Waals surface area (Å²) in [5.41, 5.74) is 6.95. The quantitative estimate of drug-likeness (QED) is 0.717. The van der Waals surface area contributed by atoms with Crippen molar-refractivity contribution in [2.75, 3.05) is 37.8 Å². The molecule has 5 heteroatoms. The fourth-order valence-corrected chi connectivity index (χ4v) is 1.93. The first kappa shape index (κ1) is 16.3. The van der Waals surface area contributed by atoms with Gasteiger partial charge in [0.05, 0.1) is 19.3 Å². The number of unbranched alkanes of at least 4 members (excludes halogenated alkanes) is 1. The number of nitrogens with two attached hydrogens (primary N) is 1. The van der Waals surface area contributed by atoms with Crippen LogP contribution in [0.1, 0.15) is 26.7 Å². The maximum atomic E-state index is 12.1. The van der Waals surface area contributed by atoms with Crippen LogP contribution in [-0.2, 0) is 4.79 Å². The van der Waals surface area contributed by atoms with Gasteiger partial charge in [0.25, 0.3) is 0 Å². The summed E-state index contributed by atoms with van der Waals surface area (Å²) in [6.07, 6.45) is 2.23. The molecule has 0 aliphatic rings. The van der Waals surface area contributed by atoms with E-state index in [1.54, 1.807) is 25.3 Å². The number of nitrogens with one attached hydrogen (secondary N) is 1. The fraction of sp³-hybridized carbons (Fsp3) is 0.533. The lowest BCUT2D eigenvalue weighted by molar-refractivity contribution is -0.117. The summed E-state index contributed by atoms with van der Waals surface area (Å²) < 4.78 is 5.21. The van der Waals surface area contributed by atoms with Crippen LogP contribution < -0.4 is 15.8 Å². The Balaban J connectivity index is 2.61. The Kier molecular flexibility index (Phi) is 6.87. The van der Waals surface area contributed by atoms with Crippen molar-refractivity contribution in [2.24, 2.45) is 0 Å². The highest BCUT2D eigenvalue weighted by Crippen LogP contribution is 2.26. The van der Waals surface area contributed by atoms with Crippen molar-refractivity contribution >= 4 is 17.3 Å². The number of hydrogen-bond donors (Lipinski definition) is 2. The number of rotatable bonds is 8. The molecule has 0 spiro atoms. The van der Waals surface area contributed by atoms with Gasteiger partial charge in [-0.05, 0) is 31.6 Å². The number of carbonyl (C=O) groups excluding carboxylic acids is 1. The average Bonchev–Trinajstić information content (AvgIpc) is 2.45. The van der Waals surface area contributed by atoms with Crippen LogP contribution >= 0.6 is 0 Å². The van der Waals surface area contributed by atoms with Crippen LogP contribution in [0.5, 0.6) is 5.75 Å². The van der Waals surface area contributed by atoms with Gasteiger partial charge in [0.2, 0.25) is 5.91 Å². The fourth-order valence-electron chi connectivity index (χ4n) is 1.93. The Bertz CT molecular complexity index is 435. The minimum Gasteiger partial charge on any atom is -0.494 e. The molecule has 3 N–H and O–H groups in total. The zero-order chi connectivity index (χ0) is 15.0. The number of nitrogens with zero attached hydrogens (tertiary/aromatic N) is 1. The van der Waals surface area contributed by atoms with Crippen LogP contribution in [0.4, 0.5) is 11.4 Å². The van der Waals surface area contributed by atoms with Crippen molar-refractivity contribution in [1.29, 1.82) is 0 Å². The third kappa shape index (κ3) is 5.09. The van der Waals surface area contributed by atoms with Crippen LogP contribution in [0, 0.1) is 0 Å². The number of likely N-dealkylation sites (N-methyl/N-ethyl adjacent to an activating group) is 1. The van der Waals surface area contributed by atoms with Crippen molar-refractivity contribution in [3.63, 3.8) is 0 Å². The van der Waals surface area contributed by atoms with Crippen molar-refractivity contribution in [1.82, 2.24) is 4.90 Å². The highest BCUT2D eigenvalue weighted by Gasteiger charge is 2.11. The molecule has 0 saturated heterocycles. The predicted molar refractivity (Wildman–Crippen MR) is 83.1 cm³/mol. The maximum Gasteiger partial charge on any atom is 0.238 e. The number of nitrogen functional groups attached to an aromatic ring is 1. The average molecular weight is 279 g/mol. The van der Waals surface area contributed by atoms with Crippen molar-refractivity contribution in [3.8, 4) is 5.75 Å². The molecule has 0 bridgehead atoms. The zero-order valence-electron chi connectivity index (χ0n) is 12.6. The molecule has 1 rings (SSSR count). The van der Waals surface area contributed by atoms with Crippen LogP contribution in [0.25, 0.3) is 0 Å². The molecule has 1 aromatic rings. The van der Waals surface area contributed by atoms with Gasteiger partial charge >= 0.3 is 0 Å². The molecular formula is C15H25N3O2. The van der Waals surface area contributed by atoms with Gasteiger partial charge in [-0.3, -0.25) is 9.69 Å². The van der Waals surface area contributed by atoms with Gasteiger partial charge < -0.3 is 15.8 Å². The van der Waals surface area contributed by atoms with Gasteiger partial charge in [-0.1, -0.05) is 20.3 Å². The Morgan fingerprint density at radius 3 is 2.75 bits per heavy atom. The molecule has 0 heterocycles. The molecule has 1 amide bonds. The summed E-state index contributed by atoms with van der Waals surface area (Å²) in [6.45, 7) is 6.41. The summed E-state index contributed by atoms with van der Waals surface area (Å²) in [4.78, 5) is 14.2. The summed E-state index contributed by atoms with van der Waals surface area (Å²) in [6, 6.07) is 5.20. The molecule has 1 aromatic carbocycles. The number of benzene rings is 1. The van der Waals surface area contributed by atoms with Gasteiger partial charge in [0.1, 0.15) is 5.75 Å². The number of hydrogen-bond acceptors (Lipinski definition) is 4. The molecule has 0 radical (unpaired) electrons. The molecule has 20 heavy (non-hydrogen) atoms. The summed E-state index contributed by atoms with van der Waals surface area (Å²) in [5, 5.41) is 2.87. The van der Waals surface area contributed by atoms with E-state index in [1.807, 2.05) is 0 Å². The zero-order valence-corrected chi connectivity index (χ0v) is 12.6. The smallest absolute Gasteiger partial charge is 0.238 e. The standard InChI is InChI=1S/C15H25N3O2/c1-4-6-9-18(5-2)11-15(19)17-13-8-7-12(16)10-14(13)20-3/h7-8,10H,4-6,9,11,16H2,1-3H3,(H,17,19). The van der Waals surface area contributed by atoms with E-state index in [-0.39, 0.29) is 5.91 Å². The Labute approximate surface area is 121 Å². The van der Waals surface area contributed by atoms with Crippen molar-refractivity contribution < 1.29 is 9.53 Å². The molecule has 0 atom stereocenters. The normalized spacial score (nSPS) is 10.6. The number of amides is 1. The predicted octanol–water partition coefficient (Wildman–Crippen LogP) is 2.34. The monoisotopic (exact) mass is 279 g/mol. The number of anilines is 2. The molecular weight excluding hydrogens is 254 g/mol. The second-order valence-electron chi connectivity index (χ2n) is 4.73. The van der Waals surface area contributed by atoms with Crippen molar-refractivity contribution in [3.05, 3.63) is 18.2 Å². The Morgan fingerprint density at radius 1 is 1.40 bits per heavy atom. The van der Waals surface area contributed by atoms with Gasteiger partial charge in [-0.25, -0.2) is 0 Å². The topological polar surface area (TPSA) is 67.6 Å². The van der Waals surface area contributed by atoms with Crippen molar-refractivity contribution in [2.45, 2.75) is 26.7 Å². The lowest BCUT2D eigenvalue weighted by atomic mass is 10.2. The molecule has 112 valence electrons. The van der Waals surface area contributed by atoms with E-state index in [9.17, 15) is 4.79 Å². The van der Waals surface area contributed by atoms with E-state index >= 15 is 0 Å². The summed E-state index contributed by atoms with van der Waals surface area (Å²) >= 11 is 0. The summed E-state index contributed by atoms with van der Waals surface area (Å²) in [7, 11) is 1.56. The molecule has 5 nitrogen and oxygen atoms in total. The number of methoxy groups -OCH3 is 1. The van der Waals surface area contributed by atoms with Crippen LogP contribution in [0.2, 0.25) is 0 Å². The molecule has 0 aliphatic carbocycles. The minimum atomic E-state index is -0.0361. The minimum absolute atomic E-state index is 0.0361. The van der Waals surface area contributed by atoms with Gasteiger partial charge in [0, 0.05) is 11.8 Å². The second-order valence-corrected chi connectivity index (χ2v) is 4.73. The Morgan fingerprint density at radius 2 is 2.15 bits per heavy atom. The molecule has 0 unspecified atom stereocenters. The first-order valence-electron chi connectivity index (χ1n) is 7.06. The first-order chi connectivity index (χ1) is 9.60. The molecule has 0 fully saturated rings. The first-order valence-corrected chi connectivity index (χ1v) is 7.06. The van der Waals surface area contributed by atoms with E-state index in [1.165, 1.54) is 0 Å². The molecule has 0 aromatic heterocycles. The van der Waals surface area contributed by atoms with Crippen LogP contribution in [0.3, 0.4) is 0 Å². The van der Waals surface area contributed by atoms with E-state index in [4.69, 9.17) is 10.5 Å². The number of ether oxygens (including phenoxy) is 1. The van der Waals surface area contributed by atoms with Gasteiger partial charge in [-0.2, -0.15) is 0 Å². The van der Waals surface area contributed by atoms with Gasteiger partial charge in [0.15, 0.2) is 0 Å². The van der Waals surface area contributed by atoms with E-state index in [0.717, 1.165) is 25.9 Å². The van der Waals surface area contributed by atoms with Crippen LogP contribution in [0.15, 0.2) is 18.2 Å². The molecule has 0 saturated carbocycles. The lowest BCUT2D eigenvalue weighted by Crippen LogP contribution is -2.33. The molecule has 0 aliphatic heterocycles. The van der Waals surface area contributed by atoms with Crippen LogP contribution in [-0.4, -0.2) is 37.6 Å². The van der Waals surface area contributed by atoms with Gasteiger partial charge in [-0.15, -0.1) is 0 Å². The summed E-state index contributed by atoms with van der Waals surface area (Å²) in [5.74, 6) is 0.543. The third-order valence-electron chi connectivity index (χ3n) is 3.14. The second kappa shape index (κ2) is 8.43. The maximum absolute atomic E-state index is 12.1. The third-order valence-corrected chi connectivity index (χ3v) is 3.14. The number of carbonyl (C=O) groups is 1. The largest absolute Gasteiger partial charge is 0.494 e. The van der Waals surface area contributed by atoms with E-state index in [2.05, 4.69) is 24.1 Å². The highest BCUT2D eigenvalue weighted by molar-refractivity contribution is 5.94. The SMILES string of the molecule is CCCCN(CC)CC(=O)Nc1ccc(N)cc1OC. The lowest BCUT2D eigenvalue weighted by Gasteiger charge is -2.19. The van der Waals surface area contributed by atoms with E-state index < -0.39 is 0 Å². The Hall–Kier alpha value is -1.75.